The quantitative estimate of drug-likeness (QED) is 0.681. The highest BCUT2D eigenvalue weighted by Crippen LogP contribution is 2.16. The highest BCUT2D eigenvalue weighted by atomic mass is 16.5. The summed E-state index contributed by atoms with van der Waals surface area (Å²) < 4.78 is 6.95. The van der Waals surface area contributed by atoms with Gasteiger partial charge >= 0.3 is 0 Å². The summed E-state index contributed by atoms with van der Waals surface area (Å²) in [4.78, 5) is 8.87. The normalized spacial score (nSPS) is 15.1. The lowest BCUT2D eigenvalue weighted by Gasteiger charge is -2.35. The molecule has 4 rings (SSSR count). The van der Waals surface area contributed by atoms with Crippen LogP contribution in [-0.4, -0.2) is 63.2 Å². The summed E-state index contributed by atoms with van der Waals surface area (Å²) in [5.41, 5.74) is 2.18. The molecule has 0 N–H and O–H groups in total. The molecule has 0 amide bonds. The second-order valence-electron chi connectivity index (χ2n) is 6.62. The molecule has 1 saturated heterocycles. The van der Waals surface area contributed by atoms with Gasteiger partial charge in [-0.15, -0.1) is 10.2 Å². The van der Waals surface area contributed by atoms with Gasteiger partial charge in [0.15, 0.2) is 11.6 Å². The number of nitrogens with zero attached hydrogens (tertiary/aromatic N) is 7. The smallest absolute Gasteiger partial charge is 0.213 e. The summed E-state index contributed by atoms with van der Waals surface area (Å²) in [6.07, 6.45) is 3.69. The van der Waals surface area contributed by atoms with Crippen molar-refractivity contribution in [1.82, 2.24) is 29.9 Å². The Hall–Kier alpha value is -3.00. The fourth-order valence-electron chi connectivity index (χ4n) is 3.21. The average molecular weight is 365 g/mol. The van der Waals surface area contributed by atoms with E-state index in [9.17, 15) is 0 Å². The molecule has 3 aromatic heterocycles. The van der Waals surface area contributed by atoms with E-state index in [4.69, 9.17) is 4.74 Å². The van der Waals surface area contributed by atoms with Gasteiger partial charge in [0.1, 0.15) is 0 Å². The lowest BCUT2D eigenvalue weighted by Crippen LogP contribution is -2.46. The maximum atomic E-state index is 5.20. The van der Waals surface area contributed by atoms with Gasteiger partial charge in [-0.1, -0.05) is 0 Å². The van der Waals surface area contributed by atoms with Crippen LogP contribution < -0.4 is 9.64 Å². The summed E-state index contributed by atoms with van der Waals surface area (Å²) in [5, 5.41) is 13.1. The van der Waals surface area contributed by atoms with Crippen LogP contribution in [0.5, 0.6) is 5.88 Å². The van der Waals surface area contributed by atoms with Crippen LogP contribution in [-0.2, 0) is 6.54 Å². The Morgan fingerprint density at radius 3 is 2.44 bits per heavy atom. The van der Waals surface area contributed by atoms with E-state index in [1.807, 2.05) is 43.5 Å². The number of hydrogen-bond acceptors (Lipinski definition) is 7. The van der Waals surface area contributed by atoms with Gasteiger partial charge in [-0.25, -0.2) is 9.67 Å². The van der Waals surface area contributed by atoms with E-state index in [1.165, 1.54) is 5.56 Å². The summed E-state index contributed by atoms with van der Waals surface area (Å²) in [6.45, 7) is 6.67. The van der Waals surface area contributed by atoms with Crippen molar-refractivity contribution in [1.29, 1.82) is 0 Å². The summed E-state index contributed by atoms with van der Waals surface area (Å²) in [7, 11) is 1.64. The van der Waals surface area contributed by atoms with Crippen LogP contribution in [0.4, 0.5) is 5.82 Å². The Balaban J connectivity index is 1.34. The van der Waals surface area contributed by atoms with Gasteiger partial charge < -0.3 is 9.64 Å². The third kappa shape index (κ3) is 4.06. The first-order chi connectivity index (χ1) is 13.2. The molecule has 8 nitrogen and oxygen atoms in total. The lowest BCUT2D eigenvalue weighted by atomic mass is 10.2. The molecule has 8 heteroatoms. The van der Waals surface area contributed by atoms with Crippen molar-refractivity contribution in [3.8, 4) is 11.7 Å². The SMILES string of the molecule is COc1cc(CN2CCN(c3ccc(-n4ccc(C)n4)nn3)CC2)ccn1. The highest BCUT2D eigenvalue weighted by Gasteiger charge is 2.19. The van der Waals surface area contributed by atoms with Crippen LogP contribution in [0.1, 0.15) is 11.3 Å². The summed E-state index contributed by atoms with van der Waals surface area (Å²) >= 11 is 0. The van der Waals surface area contributed by atoms with E-state index >= 15 is 0 Å². The molecule has 0 atom stereocenters. The zero-order valence-corrected chi connectivity index (χ0v) is 15.6. The fraction of sp³-hybridized carbons (Fsp3) is 0.368. The van der Waals surface area contributed by atoms with Gasteiger partial charge in [-0.2, -0.15) is 5.10 Å². The van der Waals surface area contributed by atoms with E-state index in [-0.39, 0.29) is 0 Å². The number of ether oxygens (including phenoxy) is 1. The Bertz CT molecular complexity index is 885. The number of anilines is 1. The van der Waals surface area contributed by atoms with Gasteiger partial charge in [0.25, 0.3) is 0 Å². The predicted molar refractivity (Wildman–Crippen MR) is 102 cm³/mol. The molecule has 0 bridgehead atoms. The molecule has 0 aromatic carbocycles. The van der Waals surface area contributed by atoms with Crippen molar-refractivity contribution in [3.63, 3.8) is 0 Å². The molecule has 0 unspecified atom stereocenters. The maximum absolute atomic E-state index is 5.20. The molecule has 1 aliphatic heterocycles. The van der Waals surface area contributed by atoms with Crippen LogP contribution in [0.25, 0.3) is 5.82 Å². The van der Waals surface area contributed by atoms with Crippen molar-refractivity contribution < 1.29 is 4.74 Å². The van der Waals surface area contributed by atoms with Gasteiger partial charge in [-0.05, 0) is 36.8 Å². The highest BCUT2D eigenvalue weighted by molar-refractivity contribution is 5.40. The van der Waals surface area contributed by atoms with E-state index in [1.54, 1.807) is 18.0 Å². The van der Waals surface area contributed by atoms with Crippen LogP contribution in [0.3, 0.4) is 0 Å². The summed E-state index contributed by atoms with van der Waals surface area (Å²) in [5.74, 6) is 2.30. The van der Waals surface area contributed by atoms with Gasteiger partial charge in [0.2, 0.25) is 5.88 Å². The lowest BCUT2D eigenvalue weighted by molar-refractivity contribution is 0.248. The molecule has 0 saturated carbocycles. The molecule has 0 spiro atoms. The molecule has 27 heavy (non-hydrogen) atoms. The molecule has 0 radical (unpaired) electrons. The molecule has 4 heterocycles. The zero-order chi connectivity index (χ0) is 18.6. The van der Waals surface area contributed by atoms with Crippen LogP contribution in [0, 0.1) is 6.92 Å². The van der Waals surface area contributed by atoms with Crippen molar-refractivity contribution in [2.75, 3.05) is 38.2 Å². The molecule has 1 fully saturated rings. The second kappa shape index (κ2) is 7.71. The first kappa shape index (κ1) is 17.4. The minimum atomic E-state index is 0.661. The number of aromatic nitrogens is 5. The van der Waals surface area contributed by atoms with E-state index in [0.717, 1.165) is 50.1 Å². The maximum Gasteiger partial charge on any atom is 0.213 e. The van der Waals surface area contributed by atoms with Gasteiger partial charge in [0.05, 0.1) is 12.8 Å². The monoisotopic (exact) mass is 365 g/mol. The topological polar surface area (TPSA) is 72.2 Å². The van der Waals surface area contributed by atoms with Crippen LogP contribution in [0.15, 0.2) is 42.7 Å². The molecule has 1 aliphatic rings. The Labute approximate surface area is 158 Å². The number of aryl methyl sites for hydroxylation is 1. The van der Waals surface area contributed by atoms with Crippen LogP contribution >= 0.6 is 0 Å². The van der Waals surface area contributed by atoms with Crippen molar-refractivity contribution >= 4 is 5.82 Å². The fourth-order valence-corrected chi connectivity index (χ4v) is 3.21. The molecule has 3 aromatic rings. The van der Waals surface area contributed by atoms with Gasteiger partial charge in [-0.3, -0.25) is 4.90 Å². The molecule has 140 valence electrons. The van der Waals surface area contributed by atoms with Crippen molar-refractivity contribution in [3.05, 3.63) is 54.0 Å². The van der Waals surface area contributed by atoms with E-state index in [2.05, 4.69) is 30.1 Å². The van der Waals surface area contributed by atoms with E-state index < -0.39 is 0 Å². The summed E-state index contributed by atoms with van der Waals surface area (Å²) in [6, 6.07) is 9.96. The third-order valence-corrected chi connectivity index (χ3v) is 4.70. The number of hydrogen-bond donors (Lipinski definition) is 0. The minimum Gasteiger partial charge on any atom is -0.481 e. The Morgan fingerprint density at radius 2 is 1.78 bits per heavy atom. The zero-order valence-electron chi connectivity index (χ0n) is 15.6. The number of piperazine rings is 1. The molecule has 0 aliphatic carbocycles. The number of methoxy groups -OCH3 is 1. The standard InChI is InChI=1S/C19H23N7O/c1-15-6-8-26(23-15)18-4-3-17(21-22-18)25-11-9-24(10-12-25)14-16-5-7-20-19(13-16)27-2/h3-8,13H,9-12,14H2,1-2H3. The van der Waals surface area contributed by atoms with Crippen LogP contribution in [0.2, 0.25) is 0 Å². The molecular weight excluding hydrogens is 342 g/mol. The largest absolute Gasteiger partial charge is 0.481 e. The van der Waals surface area contributed by atoms with Crippen molar-refractivity contribution in [2.24, 2.45) is 0 Å². The average Bonchev–Trinajstić information content (AvgIpc) is 3.15. The third-order valence-electron chi connectivity index (χ3n) is 4.70. The molecular formula is C19H23N7O. The minimum absolute atomic E-state index is 0.661. The number of rotatable bonds is 5. The first-order valence-corrected chi connectivity index (χ1v) is 9.04. The first-order valence-electron chi connectivity index (χ1n) is 9.04. The predicted octanol–water partition coefficient (Wildman–Crippen LogP) is 1.70. The number of pyridine rings is 1. The van der Waals surface area contributed by atoms with Crippen molar-refractivity contribution in [2.45, 2.75) is 13.5 Å². The Morgan fingerprint density at radius 1 is 1.00 bits per heavy atom. The van der Waals surface area contributed by atoms with Gasteiger partial charge in [0, 0.05) is 51.2 Å². The van der Waals surface area contributed by atoms with E-state index in [0.29, 0.717) is 5.88 Å². The second-order valence-corrected chi connectivity index (χ2v) is 6.62. The Kier molecular flexibility index (Phi) is 4.97.